The topological polar surface area (TPSA) is 50.9 Å². The molecule has 68 valence electrons. The first kappa shape index (κ1) is 8.40. The quantitative estimate of drug-likeness (QED) is 0.797. The van der Waals surface area contributed by atoms with Crippen molar-refractivity contribution in [2.45, 2.75) is 12.6 Å². The number of aromatic nitrogens is 3. The summed E-state index contributed by atoms with van der Waals surface area (Å²) >= 11 is 1.58. The lowest BCUT2D eigenvalue weighted by molar-refractivity contribution is 0.152. The van der Waals surface area contributed by atoms with Gasteiger partial charge in [0.1, 0.15) is 12.7 Å². The molecule has 1 N–H and O–H groups in total. The van der Waals surface area contributed by atoms with Crippen LogP contribution >= 0.6 is 11.3 Å². The second kappa shape index (κ2) is 3.68. The van der Waals surface area contributed by atoms with Gasteiger partial charge in [-0.2, -0.15) is 16.4 Å². The molecule has 0 radical (unpaired) electrons. The van der Waals surface area contributed by atoms with Gasteiger partial charge >= 0.3 is 0 Å². The highest BCUT2D eigenvalue weighted by Gasteiger charge is 2.08. The fraction of sp³-hybridized carbons (Fsp3) is 0.250. The van der Waals surface area contributed by atoms with Crippen LogP contribution in [-0.2, 0) is 6.54 Å². The normalized spacial score (nSPS) is 13.0. The Bertz CT molecular complexity index is 343. The maximum Gasteiger partial charge on any atom is 0.137 e. The van der Waals surface area contributed by atoms with E-state index in [1.165, 1.54) is 6.33 Å². The summed E-state index contributed by atoms with van der Waals surface area (Å²) in [5.41, 5.74) is 0.931. The summed E-state index contributed by atoms with van der Waals surface area (Å²) in [6, 6.07) is 1.91. The van der Waals surface area contributed by atoms with Crippen LogP contribution in [0.25, 0.3) is 0 Å². The van der Waals surface area contributed by atoms with Gasteiger partial charge in [-0.25, -0.2) is 4.98 Å². The van der Waals surface area contributed by atoms with E-state index >= 15 is 0 Å². The lowest BCUT2D eigenvalue weighted by Crippen LogP contribution is -2.08. The fourth-order valence-electron chi connectivity index (χ4n) is 1.07. The molecule has 2 heterocycles. The van der Waals surface area contributed by atoms with Crippen LogP contribution in [-0.4, -0.2) is 19.9 Å². The molecule has 0 saturated heterocycles. The summed E-state index contributed by atoms with van der Waals surface area (Å²) in [6.07, 6.45) is 2.56. The highest BCUT2D eigenvalue weighted by Crippen LogP contribution is 2.17. The Labute approximate surface area is 79.5 Å². The smallest absolute Gasteiger partial charge is 0.137 e. The molecular weight excluding hydrogens is 186 g/mol. The average Bonchev–Trinajstić information content (AvgIpc) is 2.74. The predicted molar refractivity (Wildman–Crippen MR) is 49.3 cm³/mol. The maximum atomic E-state index is 9.70. The number of thiophene rings is 1. The highest BCUT2D eigenvalue weighted by molar-refractivity contribution is 7.07. The summed E-state index contributed by atoms with van der Waals surface area (Å²) in [6.45, 7) is 0.455. The van der Waals surface area contributed by atoms with Crippen molar-refractivity contribution in [3.8, 4) is 0 Å². The molecule has 0 spiro atoms. The Morgan fingerprint density at radius 3 is 3.15 bits per heavy atom. The van der Waals surface area contributed by atoms with Crippen molar-refractivity contribution in [2.75, 3.05) is 0 Å². The second-order valence-electron chi connectivity index (χ2n) is 2.69. The lowest BCUT2D eigenvalue weighted by atomic mass is 10.2. The third-order valence-corrected chi connectivity index (χ3v) is 2.46. The van der Waals surface area contributed by atoms with Gasteiger partial charge in [-0.15, -0.1) is 0 Å². The van der Waals surface area contributed by atoms with Crippen LogP contribution in [0.2, 0.25) is 0 Å². The molecular formula is C8H9N3OS. The van der Waals surface area contributed by atoms with E-state index in [4.69, 9.17) is 0 Å². The Balaban J connectivity index is 2.04. The second-order valence-corrected chi connectivity index (χ2v) is 3.47. The minimum absolute atomic E-state index is 0.455. The van der Waals surface area contributed by atoms with Crippen molar-refractivity contribution in [3.05, 3.63) is 35.0 Å². The van der Waals surface area contributed by atoms with Gasteiger partial charge in [0.15, 0.2) is 0 Å². The van der Waals surface area contributed by atoms with Crippen LogP contribution < -0.4 is 0 Å². The molecule has 1 unspecified atom stereocenters. The van der Waals surface area contributed by atoms with Crippen molar-refractivity contribution in [3.63, 3.8) is 0 Å². The zero-order valence-electron chi connectivity index (χ0n) is 6.87. The minimum Gasteiger partial charge on any atom is -0.386 e. The third kappa shape index (κ3) is 1.93. The first-order chi connectivity index (χ1) is 6.36. The fourth-order valence-corrected chi connectivity index (χ4v) is 1.78. The van der Waals surface area contributed by atoms with E-state index in [1.54, 1.807) is 22.3 Å². The molecule has 5 heteroatoms. The number of rotatable bonds is 3. The van der Waals surface area contributed by atoms with Crippen LogP contribution in [0.5, 0.6) is 0 Å². The largest absolute Gasteiger partial charge is 0.386 e. The average molecular weight is 195 g/mol. The first-order valence-corrected chi connectivity index (χ1v) is 4.83. The molecule has 0 aliphatic rings. The minimum atomic E-state index is -0.493. The molecule has 4 nitrogen and oxygen atoms in total. The van der Waals surface area contributed by atoms with E-state index in [0.717, 1.165) is 5.56 Å². The van der Waals surface area contributed by atoms with E-state index in [-0.39, 0.29) is 0 Å². The van der Waals surface area contributed by atoms with Gasteiger partial charge in [0.25, 0.3) is 0 Å². The third-order valence-electron chi connectivity index (χ3n) is 1.75. The van der Waals surface area contributed by atoms with Crippen LogP contribution in [0.15, 0.2) is 29.5 Å². The first-order valence-electron chi connectivity index (χ1n) is 3.89. The van der Waals surface area contributed by atoms with Crippen LogP contribution in [0.1, 0.15) is 11.7 Å². The molecule has 0 aliphatic heterocycles. The number of hydrogen-bond donors (Lipinski definition) is 1. The zero-order chi connectivity index (χ0) is 9.10. The molecule has 0 aliphatic carbocycles. The van der Waals surface area contributed by atoms with Crippen LogP contribution in [0.4, 0.5) is 0 Å². The Kier molecular flexibility index (Phi) is 2.37. The van der Waals surface area contributed by atoms with Crippen molar-refractivity contribution < 1.29 is 5.11 Å². The molecule has 13 heavy (non-hydrogen) atoms. The molecule has 2 aromatic heterocycles. The van der Waals surface area contributed by atoms with Crippen LogP contribution in [0, 0.1) is 0 Å². The number of hydrogen-bond acceptors (Lipinski definition) is 4. The Morgan fingerprint density at radius 1 is 1.62 bits per heavy atom. The molecule has 2 aromatic rings. The number of aliphatic hydroxyl groups excluding tert-OH is 1. The van der Waals surface area contributed by atoms with E-state index in [0.29, 0.717) is 6.54 Å². The molecule has 2 rings (SSSR count). The number of nitrogens with zero attached hydrogens (tertiary/aromatic N) is 3. The standard InChI is InChI=1S/C8H9N3OS/c12-8(7-1-2-13-4-7)3-11-6-9-5-10-11/h1-2,4-6,8,12H,3H2. The molecule has 1 atom stereocenters. The van der Waals surface area contributed by atoms with Gasteiger partial charge in [0.2, 0.25) is 0 Å². The van der Waals surface area contributed by atoms with E-state index in [2.05, 4.69) is 10.1 Å². The van der Waals surface area contributed by atoms with Crippen molar-refractivity contribution >= 4 is 11.3 Å². The Hall–Kier alpha value is -1.20. The predicted octanol–water partition coefficient (Wildman–Crippen LogP) is 1.07. The van der Waals surface area contributed by atoms with E-state index < -0.39 is 6.10 Å². The lowest BCUT2D eigenvalue weighted by Gasteiger charge is -2.07. The maximum absolute atomic E-state index is 9.70. The molecule has 0 aromatic carbocycles. The van der Waals surface area contributed by atoms with Gasteiger partial charge in [0.05, 0.1) is 12.6 Å². The molecule has 0 saturated carbocycles. The van der Waals surface area contributed by atoms with Crippen LogP contribution in [0.3, 0.4) is 0 Å². The highest BCUT2D eigenvalue weighted by atomic mass is 32.1. The van der Waals surface area contributed by atoms with Gasteiger partial charge < -0.3 is 5.11 Å². The van der Waals surface area contributed by atoms with E-state index in [9.17, 15) is 5.11 Å². The number of aliphatic hydroxyl groups is 1. The molecule has 0 bridgehead atoms. The van der Waals surface area contributed by atoms with Crippen molar-refractivity contribution in [1.29, 1.82) is 0 Å². The van der Waals surface area contributed by atoms with Gasteiger partial charge in [-0.3, -0.25) is 4.68 Å². The summed E-state index contributed by atoms with van der Waals surface area (Å²) < 4.78 is 1.61. The summed E-state index contributed by atoms with van der Waals surface area (Å²) in [7, 11) is 0. The van der Waals surface area contributed by atoms with Crippen molar-refractivity contribution in [2.24, 2.45) is 0 Å². The molecule has 0 amide bonds. The van der Waals surface area contributed by atoms with Gasteiger partial charge in [-0.05, 0) is 22.4 Å². The summed E-state index contributed by atoms with van der Waals surface area (Å²) in [4.78, 5) is 3.80. The SMILES string of the molecule is OC(Cn1cncn1)c1ccsc1. The van der Waals surface area contributed by atoms with Crippen molar-refractivity contribution in [1.82, 2.24) is 14.8 Å². The van der Waals surface area contributed by atoms with Gasteiger partial charge in [-0.1, -0.05) is 0 Å². The molecule has 0 fully saturated rings. The monoisotopic (exact) mass is 195 g/mol. The zero-order valence-corrected chi connectivity index (χ0v) is 7.68. The van der Waals surface area contributed by atoms with E-state index in [1.807, 2.05) is 16.8 Å². The Morgan fingerprint density at radius 2 is 2.54 bits per heavy atom. The summed E-state index contributed by atoms with van der Waals surface area (Å²) in [5.74, 6) is 0. The van der Waals surface area contributed by atoms with Gasteiger partial charge in [0, 0.05) is 0 Å². The summed E-state index contributed by atoms with van der Waals surface area (Å²) in [5, 5.41) is 17.5.